The summed E-state index contributed by atoms with van der Waals surface area (Å²) in [6, 6.07) is 15.5. The van der Waals surface area contributed by atoms with Crippen molar-refractivity contribution in [3.05, 3.63) is 66.0 Å². The summed E-state index contributed by atoms with van der Waals surface area (Å²) < 4.78 is 5.15. The molecule has 8 nitrogen and oxygen atoms in total. The summed E-state index contributed by atoms with van der Waals surface area (Å²) >= 11 is 0. The fourth-order valence-corrected chi connectivity index (χ4v) is 2.87. The first-order valence-corrected chi connectivity index (χ1v) is 9.67. The standard InChI is InChI=1S/C22H25N5O3/c1-14(2)19(25-21(28)16-7-5-4-6-8-16)22(29)23-13-18-24-20(27-26-18)15-9-11-17(30-3)12-10-15/h4-12,14,19H,13H2,1-3H3,(H,23,29)(H,25,28)(H,24,26,27). The number of benzene rings is 2. The van der Waals surface area contributed by atoms with Crippen molar-refractivity contribution >= 4 is 11.8 Å². The van der Waals surface area contributed by atoms with Gasteiger partial charge in [-0.2, -0.15) is 5.10 Å². The van der Waals surface area contributed by atoms with Crippen LogP contribution < -0.4 is 15.4 Å². The first-order valence-electron chi connectivity index (χ1n) is 9.67. The number of ether oxygens (including phenoxy) is 1. The van der Waals surface area contributed by atoms with Crippen LogP contribution in [-0.2, 0) is 11.3 Å². The zero-order valence-corrected chi connectivity index (χ0v) is 17.2. The van der Waals surface area contributed by atoms with E-state index < -0.39 is 6.04 Å². The minimum atomic E-state index is -0.665. The summed E-state index contributed by atoms with van der Waals surface area (Å²) in [5.41, 5.74) is 1.34. The molecule has 2 amide bonds. The van der Waals surface area contributed by atoms with Gasteiger partial charge < -0.3 is 15.4 Å². The quantitative estimate of drug-likeness (QED) is 0.532. The Hall–Kier alpha value is -3.68. The molecule has 0 aliphatic carbocycles. The Kier molecular flexibility index (Phi) is 6.79. The zero-order valence-electron chi connectivity index (χ0n) is 17.2. The third-order valence-corrected chi connectivity index (χ3v) is 4.58. The van der Waals surface area contributed by atoms with Crippen molar-refractivity contribution < 1.29 is 14.3 Å². The number of rotatable bonds is 8. The molecule has 0 fully saturated rings. The van der Waals surface area contributed by atoms with Crippen LogP contribution >= 0.6 is 0 Å². The Morgan fingerprint density at radius 2 is 1.77 bits per heavy atom. The molecule has 1 aromatic heterocycles. The Morgan fingerprint density at radius 1 is 1.07 bits per heavy atom. The highest BCUT2D eigenvalue weighted by molar-refractivity contribution is 5.97. The maximum absolute atomic E-state index is 12.7. The molecule has 2 aromatic carbocycles. The van der Waals surface area contributed by atoms with Crippen LogP contribution in [0.15, 0.2) is 54.6 Å². The summed E-state index contributed by atoms with van der Waals surface area (Å²) in [6.45, 7) is 3.93. The van der Waals surface area contributed by atoms with Crippen molar-refractivity contribution in [2.24, 2.45) is 5.92 Å². The molecule has 3 aromatic rings. The van der Waals surface area contributed by atoms with Crippen molar-refractivity contribution in [2.75, 3.05) is 7.11 Å². The number of nitrogens with one attached hydrogen (secondary N) is 3. The molecule has 1 atom stereocenters. The normalized spacial score (nSPS) is 11.7. The van der Waals surface area contributed by atoms with Crippen LogP contribution in [0.25, 0.3) is 11.4 Å². The molecule has 0 radical (unpaired) electrons. The maximum atomic E-state index is 12.7. The number of nitrogens with zero attached hydrogens (tertiary/aromatic N) is 2. The fourth-order valence-electron chi connectivity index (χ4n) is 2.87. The van der Waals surface area contributed by atoms with E-state index >= 15 is 0 Å². The van der Waals surface area contributed by atoms with Crippen LogP contribution in [0.4, 0.5) is 0 Å². The van der Waals surface area contributed by atoms with E-state index in [4.69, 9.17) is 4.74 Å². The van der Waals surface area contributed by atoms with Gasteiger partial charge in [0.15, 0.2) is 5.82 Å². The molecule has 156 valence electrons. The van der Waals surface area contributed by atoms with Gasteiger partial charge in [0.25, 0.3) is 5.91 Å². The second-order valence-electron chi connectivity index (χ2n) is 7.11. The van der Waals surface area contributed by atoms with Crippen LogP contribution in [0.1, 0.15) is 30.0 Å². The van der Waals surface area contributed by atoms with Gasteiger partial charge in [-0.15, -0.1) is 0 Å². The topological polar surface area (TPSA) is 109 Å². The average Bonchev–Trinajstić information content (AvgIpc) is 3.25. The van der Waals surface area contributed by atoms with Gasteiger partial charge in [0.05, 0.1) is 13.7 Å². The van der Waals surface area contributed by atoms with E-state index in [-0.39, 0.29) is 24.3 Å². The summed E-state index contributed by atoms with van der Waals surface area (Å²) in [5, 5.41) is 12.6. The number of carbonyl (C=O) groups is 2. The Balaban J connectivity index is 1.60. The molecule has 0 saturated carbocycles. The fraction of sp³-hybridized carbons (Fsp3) is 0.273. The van der Waals surface area contributed by atoms with E-state index in [0.29, 0.717) is 17.2 Å². The number of amides is 2. The molecule has 0 saturated heterocycles. The van der Waals surface area contributed by atoms with Gasteiger partial charge in [0.2, 0.25) is 5.91 Å². The lowest BCUT2D eigenvalue weighted by Crippen LogP contribution is -2.49. The van der Waals surface area contributed by atoms with Crippen LogP contribution in [-0.4, -0.2) is 40.1 Å². The van der Waals surface area contributed by atoms with Crippen molar-refractivity contribution in [3.8, 4) is 17.1 Å². The lowest BCUT2D eigenvalue weighted by molar-refractivity contribution is -0.124. The number of hydrogen-bond acceptors (Lipinski definition) is 5. The van der Waals surface area contributed by atoms with Crippen LogP contribution in [0, 0.1) is 5.92 Å². The second kappa shape index (κ2) is 9.69. The van der Waals surface area contributed by atoms with Crippen molar-refractivity contribution in [3.63, 3.8) is 0 Å². The molecule has 3 rings (SSSR count). The van der Waals surface area contributed by atoms with E-state index in [1.54, 1.807) is 31.4 Å². The summed E-state index contributed by atoms with van der Waals surface area (Å²) in [5.74, 6) is 1.15. The number of aromatic nitrogens is 3. The average molecular weight is 407 g/mol. The molecule has 3 N–H and O–H groups in total. The summed E-state index contributed by atoms with van der Waals surface area (Å²) in [7, 11) is 1.61. The molecule has 0 spiro atoms. The van der Waals surface area contributed by atoms with E-state index in [2.05, 4.69) is 25.8 Å². The Bertz CT molecular complexity index is 984. The third-order valence-electron chi connectivity index (χ3n) is 4.58. The first-order chi connectivity index (χ1) is 14.5. The van der Waals surface area contributed by atoms with Crippen LogP contribution in [0.2, 0.25) is 0 Å². The lowest BCUT2D eigenvalue weighted by Gasteiger charge is -2.21. The van der Waals surface area contributed by atoms with E-state index in [0.717, 1.165) is 11.3 Å². The molecule has 0 aliphatic heterocycles. The molecule has 0 bridgehead atoms. The first kappa shape index (κ1) is 21.0. The van der Waals surface area contributed by atoms with Crippen molar-refractivity contribution in [2.45, 2.75) is 26.4 Å². The second-order valence-corrected chi connectivity index (χ2v) is 7.11. The van der Waals surface area contributed by atoms with E-state index in [1.165, 1.54) is 0 Å². The number of H-pyrrole nitrogens is 1. The van der Waals surface area contributed by atoms with Gasteiger partial charge in [-0.1, -0.05) is 32.0 Å². The predicted molar refractivity (Wildman–Crippen MR) is 113 cm³/mol. The number of methoxy groups -OCH3 is 1. The van der Waals surface area contributed by atoms with Gasteiger partial charge >= 0.3 is 0 Å². The third kappa shape index (κ3) is 5.22. The summed E-state index contributed by atoms with van der Waals surface area (Å²) in [4.78, 5) is 29.5. The Morgan fingerprint density at radius 3 is 2.40 bits per heavy atom. The zero-order chi connectivity index (χ0) is 21.5. The molecule has 8 heteroatoms. The molecule has 1 heterocycles. The molecular weight excluding hydrogens is 382 g/mol. The highest BCUT2D eigenvalue weighted by Gasteiger charge is 2.24. The number of hydrogen-bond donors (Lipinski definition) is 3. The van der Waals surface area contributed by atoms with Crippen molar-refractivity contribution in [1.82, 2.24) is 25.8 Å². The monoisotopic (exact) mass is 407 g/mol. The molecule has 0 aliphatic rings. The largest absolute Gasteiger partial charge is 0.497 e. The van der Waals surface area contributed by atoms with Gasteiger partial charge in [0.1, 0.15) is 17.6 Å². The van der Waals surface area contributed by atoms with Gasteiger partial charge in [-0.3, -0.25) is 14.7 Å². The lowest BCUT2D eigenvalue weighted by atomic mass is 10.0. The Labute approximate surface area is 175 Å². The molecular formula is C22H25N5O3. The van der Waals surface area contributed by atoms with Gasteiger partial charge in [0, 0.05) is 11.1 Å². The van der Waals surface area contributed by atoms with Crippen LogP contribution in [0.3, 0.4) is 0 Å². The highest BCUT2D eigenvalue weighted by atomic mass is 16.5. The summed E-state index contributed by atoms with van der Waals surface area (Å²) in [6.07, 6.45) is 0. The SMILES string of the molecule is COc1ccc(-c2n[nH]c(CNC(=O)C(NC(=O)c3ccccc3)C(C)C)n2)cc1. The van der Waals surface area contributed by atoms with Gasteiger partial charge in [-0.25, -0.2) is 4.98 Å². The number of aromatic amines is 1. The number of carbonyl (C=O) groups excluding carboxylic acids is 2. The minimum Gasteiger partial charge on any atom is -0.497 e. The van der Waals surface area contributed by atoms with E-state index in [1.807, 2.05) is 44.2 Å². The molecule has 1 unspecified atom stereocenters. The van der Waals surface area contributed by atoms with Gasteiger partial charge in [-0.05, 0) is 42.3 Å². The predicted octanol–water partition coefficient (Wildman–Crippen LogP) is 2.55. The highest BCUT2D eigenvalue weighted by Crippen LogP contribution is 2.18. The van der Waals surface area contributed by atoms with Crippen LogP contribution in [0.5, 0.6) is 5.75 Å². The maximum Gasteiger partial charge on any atom is 0.251 e. The van der Waals surface area contributed by atoms with Crippen molar-refractivity contribution in [1.29, 1.82) is 0 Å². The molecule has 30 heavy (non-hydrogen) atoms. The van der Waals surface area contributed by atoms with E-state index in [9.17, 15) is 9.59 Å². The smallest absolute Gasteiger partial charge is 0.251 e. The minimum absolute atomic E-state index is 0.0813.